The molecule has 0 saturated heterocycles. The van der Waals surface area contributed by atoms with Gasteiger partial charge in [0.25, 0.3) is 5.91 Å². The zero-order valence-corrected chi connectivity index (χ0v) is 18.6. The molecule has 0 saturated carbocycles. The maximum Gasteiger partial charge on any atom is 0.266 e. The van der Waals surface area contributed by atoms with Crippen molar-refractivity contribution in [3.8, 4) is 10.6 Å². The Morgan fingerprint density at radius 2 is 1.88 bits per heavy atom. The van der Waals surface area contributed by atoms with Gasteiger partial charge in [-0.05, 0) is 24.3 Å². The number of aromatic nitrogens is 4. The predicted octanol–water partition coefficient (Wildman–Crippen LogP) is 5.21. The van der Waals surface area contributed by atoms with Gasteiger partial charge >= 0.3 is 0 Å². The van der Waals surface area contributed by atoms with E-state index < -0.39 is 17.7 Å². The number of imidazole rings is 1. The van der Waals surface area contributed by atoms with E-state index in [1.54, 1.807) is 11.2 Å². The fraction of sp³-hybridized carbons (Fsp3) is 0.130. The summed E-state index contributed by atoms with van der Waals surface area (Å²) in [6.07, 6.45) is 3.63. The van der Waals surface area contributed by atoms with Gasteiger partial charge in [0.2, 0.25) is 0 Å². The van der Waals surface area contributed by atoms with E-state index in [4.69, 9.17) is 4.98 Å². The van der Waals surface area contributed by atoms with E-state index in [-0.39, 0.29) is 16.5 Å². The maximum absolute atomic E-state index is 14.2. The van der Waals surface area contributed by atoms with Gasteiger partial charge in [-0.15, -0.1) is 22.7 Å². The molecule has 1 aliphatic heterocycles. The highest BCUT2D eigenvalue weighted by atomic mass is 32.1. The number of aromatic amines is 1. The van der Waals surface area contributed by atoms with Gasteiger partial charge in [-0.1, -0.05) is 18.2 Å². The third-order valence-corrected chi connectivity index (χ3v) is 7.71. The maximum atomic E-state index is 14.2. The molecule has 2 aromatic carbocycles. The second-order valence-electron chi connectivity index (χ2n) is 7.56. The molecular weight excluding hydrogens is 464 g/mol. The number of nitrogens with zero attached hydrogens (tertiary/aromatic N) is 4. The van der Waals surface area contributed by atoms with Gasteiger partial charge in [-0.3, -0.25) is 4.79 Å². The largest absolute Gasteiger partial charge is 0.348 e. The van der Waals surface area contributed by atoms with E-state index in [1.165, 1.54) is 35.7 Å². The molecule has 6 nitrogen and oxygen atoms in total. The third kappa shape index (κ3) is 3.33. The summed E-state index contributed by atoms with van der Waals surface area (Å²) in [6, 6.07) is 11.0. The highest BCUT2D eigenvalue weighted by Gasteiger charge is 2.37. The molecule has 6 rings (SSSR count). The molecule has 4 heterocycles. The number of carbonyl (C=O) groups excluding carboxylic acids is 1. The number of nitrogens with one attached hydrogen (secondary N) is 1. The monoisotopic (exact) mass is 479 g/mol. The van der Waals surface area contributed by atoms with Crippen molar-refractivity contribution >= 4 is 38.8 Å². The fourth-order valence-electron chi connectivity index (χ4n) is 4.08. The van der Waals surface area contributed by atoms with Crippen LogP contribution in [0.3, 0.4) is 0 Å². The second kappa shape index (κ2) is 7.82. The smallest absolute Gasteiger partial charge is 0.266 e. The minimum absolute atomic E-state index is 0.128. The first-order chi connectivity index (χ1) is 16.1. The van der Waals surface area contributed by atoms with Crippen LogP contribution in [0.2, 0.25) is 0 Å². The van der Waals surface area contributed by atoms with Gasteiger partial charge in [-0.2, -0.15) is 0 Å². The van der Waals surface area contributed by atoms with Crippen LogP contribution < -0.4 is 0 Å². The molecule has 1 aliphatic rings. The van der Waals surface area contributed by atoms with Gasteiger partial charge in [0.15, 0.2) is 0 Å². The Bertz CT molecular complexity index is 1450. The molecule has 5 aromatic rings. The lowest BCUT2D eigenvalue weighted by Crippen LogP contribution is -2.40. The molecule has 0 fully saturated rings. The van der Waals surface area contributed by atoms with E-state index in [2.05, 4.69) is 15.0 Å². The van der Waals surface area contributed by atoms with Crippen molar-refractivity contribution in [3.63, 3.8) is 0 Å². The predicted molar refractivity (Wildman–Crippen MR) is 122 cm³/mol. The van der Waals surface area contributed by atoms with Crippen molar-refractivity contribution < 1.29 is 13.6 Å². The Hall–Kier alpha value is -3.50. The van der Waals surface area contributed by atoms with E-state index in [0.717, 1.165) is 37.9 Å². The average Bonchev–Trinajstić information content (AvgIpc) is 3.56. The number of H-pyrrole nitrogens is 1. The topological polar surface area (TPSA) is 74.8 Å². The van der Waals surface area contributed by atoms with Crippen LogP contribution in [0.25, 0.3) is 20.8 Å². The van der Waals surface area contributed by atoms with Crippen molar-refractivity contribution in [2.75, 3.05) is 6.54 Å². The molecular formula is C23H15F2N5OS2. The quantitative estimate of drug-likeness (QED) is 0.386. The molecule has 164 valence electrons. The van der Waals surface area contributed by atoms with Gasteiger partial charge < -0.3 is 9.88 Å². The number of amides is 1. The van der Waals surface area contributed by atoms with E-state index in [0.29, 0.717) is 17.8 Å². The normalized spacial score (nSPS) is 15.7. The number of para-hydroxylation sites is 1. The summed E-state index contributed by atoms with van der Waals surface area (Å²) in [4.78, 5) is 32.2. The van der Waals surface area contributed by atoms with Crippen LogP contribution in [0, 0.1) is 11.6 Å². The van der Waals surface area contributed by atoms with Crippen LogP contribution in [0.15, 0.2) is 55.0 Å². The van der Waals surface area contributed by atoms with Crippen LogP contribution in [-0.4, -0.2) is 37.3 Å². The Labute approximate surface area is 194 Å². The third-order valence-electron chi connectivity index (χ3n) is 5.62. The molecule has 1 amide bonds. The van der Waals surface area contributed by atoms with Crippen LogP contribution in [0.1, 0.15) is 32.1 Å². The highest BCUT2D eigenvalue weighted by molar-refractivity contribution is 7.18. The number of fused-ring (bicyclic) bond motifs is 2. The number of benzene rings is 2. The zero-order chi connectivity index (χ0) is 22.5. The summed E-state index contributed by atoms with van der Waals surface area (Å²) in [7, 11) is 0. The summed E-state index contributed by atoms with van der Waals surface area (Å²) < 4.78 is 29.5. The lowest BCUT2D eigenvalue weighted by atomic mass is 10.0. The molecule has 10 heteroatoms. The van der Waals surface area contributed by atoms with Crippen LogP contribution in [-0.2, 0) is 6.42 Å². The molecule has 0 aliphatic carbocycles. The van der Waals surface area contributed by atoms with Gasteiger partial charge in [0, 0.05) is 18.7 Å². The minimum Gasteiger partial charge on any atom is -0.348 e. The lowest BCUT2D eigenvalue weighted by Gasteiger charge is -2.33. The summed E-state index contributed by atoms with van der Waals surface area (Å²) >= 11 is 2.50. The second-order valence-corrected chi connectivity index (χ2v) is 9.66. The van der Waals surface area contributed by atoms with Gasteiger partial charge in [0.1, 0.15) is 32.6 Å². The number of rotatable bonds is 3. The van der Waals surface area contributed by atoms with Crippen molar-refractivity contribution in [2.45, 2.75) is 12.5 Å². The highest BCUT2D eigenvalue weighted by Crippen LogP contribution is 2.39. The Kier molecular flexibility index (Phi) is 4.77. The van der Waals surface area contributed by atoms with Crippen molar-refractivity contribution in [3.05, 3.63) is 87.9 Å². The number of thiazole rings is 2. The molecule has 1 N–H and O–H groups in total. The first-order valence-corrected chi connectivity index (χ1v) is 11.8. The Balaban J connectivity index is 1.41. The summed E-state index contributed by atoms with van der Waals surface area (Å²) in [5.41, 5.74) is 2.38. The molecule has 0 bridgehead atoms. The van der Waals surface area contributed by atoms with Crippen LogP contribution >= 0.6 is 22.7 Å². The minimum atomic E-state index is -0.713. The van der Waals surface area contributed by atoms with Crippen LogP contribution in [0.4, 0.5) is 8.78 Å². The Morgan fingerprint density at radius 3 is 2.70 bits per heavy atom. The molecule has 3 aromatic heterocycles. The van der Waals surface area contributed by atoms with E-state index in [1.807, 2.05) is 24.3 Å². The molecule has 0 spiro atoms. The van der Waals surface area contributed by atoms with E-state index >= 15 is 0 Å². The molecule has 1 atom stereocenters. The van der Waals surface area contributed by atoms with E-state index in [9.17, 15) is 13.6 Å². The summed E-state index contributed by atoms with van der Waals surface area (Å²) in [6.45, 7) is 0.454. The van der Waals surface area contributed by atoms with Gasteiger partial charge in [0.05, 0.1) is 34.0 Å². The SMILES string of the molecule is O=C(c1cnc(-c2c(F)cccc2F)s1)N1CCc2[nH]cnc2[C@H]1c1nc2ccccc2s1. The molecule has 33 heavy (non-hydrogen) atoms. The summed E-state index contributed by atoms with van der Waals surface area (Å²) in [5.74, 6) is -1.70. The van der Waals surface area contributed by atoms with Gasteiger partial charge in [-0.25, -0.2) is 23.7 Å². The van der Waals surface area contributed by atoms with Crippen molar-refractivity contribution in [2.24, 2.45) is 0 Å². The summed E-state index contributed by atoms with van der Waals surface area (Å²) in [5, 5.41) is 0.894. The van der Waals surface area contributed by atoms with Crippen molar-refractivity contribution in [1.82, 2.24) is 24.8 Å². The number of halogens is 2. The standard InChI is InChI=1S/C23H15F2N5OS2/c24-12-4-3-5-13(25)18(12)21-26-10-17(33-21)23(31)30-9-8-15-19(28-11-27-15)20(30)22-29-14-6-1-2-7-16(14)32-22/h1-7,10-11,20H,8-9H2,(H,27,28)/t20-/m0/s1. The molecule has 0 radical (unpaired) electrons. The fourth-order valence-corrected chi connectivity index (χ4v) is 6.09. The zero-order valence-electron chi connectivity index (χ0n) is 17.0. The van der Waals surface area contributed by atoms with Crippen molar-refractivity contribution in [1.29, 1.82) is 0 Å². The van der Waals surface area contributed by atoms with Crippen LogP contribution in [0.5, 0.6) is 0 Å². The lowest BCUT2D eigenvalue weighted by molar-refractivity contribution is 0.0695. The average molecular weight is 480 g/mol. The first-order valence-electron chi connectivity index (χ1n) is 10.2. The molecule has 0 unspecified atom stereocenters. The first kappa shape index (κ1) is 20.1. The number of hydrogen-bond acceptors (Lipinski definition) is 6. The number of hydrogen-bond donors (Lipinski definition) is 1. The number of carbonyl (C=O) groups is 1. The Morgan fingerprint density at radius 1 is 1.06 bits per heavy atom.